The second-order valence-corrected chi connectivity index (χ2v) is 6.85. The summed E-state index contributed by atoms with van der Waals surface area (Å²) < 4.78 is 0. The molecule has 1 saturated heterocycles. The van der Waals surface area contributed by atoms with Gasteiger partial charge in [-0.15, -0.1) is 0 Å². The number of amides is 1. The van der Waals surface area contributed by atoms with Crippen LogP contribution in [0.5, 0.6) is 0 Å². The van der Waals surface area contributed by atoms with Gasteiger partial charge < -0.3 is 10.3 Å². The summed E-state index contributed by atoms with van der Waals surface area (Å²) in [6, 6.07) is 8.96. The smallest absolute Gasteiger partial charge is 0.253 e. The third kappa shape index (κ3) is 2.65. The van der Waals surface area contributed by atoms with Crippen LogP contribution in [0.1, 0.15) is 41.3 Å². The number of H-pyrrole nitrogens is 1. The Morgan fingerprint density at radius 1 is 1.33 bits per heavy atom. The number of nitrogens with zero attached hydrogens (tertiary/aromatic N) is 1. The number of carbonyl (C=O) groups excluding carboxylic acids is 1. The third-order valence-corrected chi connectivity index (χ3v) is 5.57. The average molecular weight is 323 g/mol. The van der Waals surface area contributed by atoms with Crippen LogP contribution >= 0.6 is 0 Å². The summed E-state index contributed by atoms with van der Waals surface area (Å²) in [6.07, 6.45) is 6.25. The molecule has 1 aliphatic heterocycles. The first kappa shape index (κ1) is 15.5. The summed E-state index contributed by atoms with van der Waals surface area (Å²) in [5.41, 5.74) is 5.72. The third-order valence-electron chi connectivity index (χ3n) is 5.57. The van der Waals surface area contributed by atoms with Crippen molar-refractivity contribution in [2.45, 2.75) is 38.6 Å². The lowest BCUT2D eigenvalue weighted by Gasteiger charge is -2.23. The molecule has 2 N–H and O–H groups in total. The Bertz CT molecular complexity index is 749. The normalized spacial score (nSPS) is 19.8. The maximum absolute atomic E-state index is 12.7. The monoisotopic (exact) mass is 323 g/mol. The van der Waals surface area contributed by atoms with E-state index in [2.05, 4.69) is 46.4 Å². The predicted molar refractivity (Wildman–Crippen MR) is 96.2 cm³/mol. The van der Waals surface area contributed by atoms with Crippen LogP contribution in [0.2, 0.25) is 0 Å². The van der Waals surface area contributed by atoms with E-state index in [9.17, 15) is 4.79 Å². The molecular weight excluding hydrogens is 298 g/mol. The van der Waals surface area contributed by atoms with Crippen molar-refractivity contribution in [2.75, 3.05) is 19.6 Å². The van der Waals surface area contributed by atoms with E-state index >= 15 is 0 Å². The summed E-state index contributed by atoms with van der Waals surface area (Å²) >= 11 is 0. The number of aryl methyl sites for hydroxylation is 1. The van der Waals surface area contributed by atoms with E-state index in [0.717, 1.165) is 43.7 Å². The van der Waals surface area contributed by atoms with Gasteiger partial charge in [0.05, 0.1) is 5.56 Å². The molecule has 1 aromatic carbocycles. The topological polar surface area (TPSA) is 48.1 Å². The maximum Gasteiger partial charge on any atom is 0.253 e. The Balaban J connectivity index is 1.50. The second-order valence-electron chi connectivity index (χ2n) is 6.85. The lowest BCUT2D eigenvalue weighted by atomic mass is 9.88. The van der Waals surface area contributed by atoms with Crippen LogP contribution in [0.4, 0.5) is 0 Å². The number of aromatic nitrogens is 1. The lowest BCUT2D eigenvalue weighted by molar-refractivity contribution is 0.0940. The van der Waals surface area contributed by atoms with Gasteiger partial charge in [-0.25, -0.2) is 0 Å². The van der Waals surface area contributed by atoms with Crippen molar-refractivity contribution in [3.05, 3.63) is 47.2 Å². The zero-order chi connectivity index (χ0) is 16.5. The Morgan fingerprint density at radius 3 is 3.08 bits per heavy atom. The van der Waals surface area contributed by atoms with Gasteiger partial charge in [-0.1, -0.05) is 31.2 Å². The van der Waals surface area contributed by atoms with E-state index in [4.69, 9.17) is 0 Å². The molecule has 1 amide bonds. The molecule has 0 spiro atoms. The first-order chi connectivity index (χ1) is 11.8. The molecular formula is C20H25N3O. The van der Waals surface area contributed by atoms with Crippen molar-refractivity contribution in [1.82, 2.24) is 15.2 Å². The summed E-state index contributed by atoms with van der Waals surface area (Å²) in [4.78, 5) is 18.5. The van der Waals surface area contributed by atoms with Gasteiger partial charge in [0, 0.05) is 30.0 Å². The standard InChI is InChI=1S/C20H25N3O/c1-2-23-11-5-7-15(23)12-22-20(24)18-13-21-19-16-8-4-3-6-14(16)9-10-17(18)19/h3-4,6,8,13,15,21H,2,5,7,9-12H2,1H3,(H,22,24)/t15-/m0/s1. The summed E-state index contributed by atoms with van der Waals surface area (Å²) in [5, 5.41) is 3.16. The van der Waals surface area contributed by atoms with Gasteiger partial charge in [-0.3, -0.25) is 9.69 Å². The van der Waals surface area contributed by atoms with Crippen molar-refractivity contribution < 1.29 is 4.79 Å². The molecule has 4 rings (SSSR count). The van der Waals surface area contributed by atoms with E-state index < -0.39 is 0 Å². The van der Waals surface area contributed by atoms with Gasteiger partial charge in [0.1, 0.15) is 0 Å². The Labute approximate surface area is 143 Å². The molecule has 24 heavy (non-hydrogen) atoms. The number of likely N-dealkylation sites (N-methyl/N-ethyl adjacent to an activating group) is 1. The number of hydrogen-bond acceptors (Lipinski definition) is 2. The number of rotatable bonds is 4. The number of benzene rings is 1. The van der Waals surface area contributed by atoms with Gasteiger partial charge in [0.15, 0.2) is 0 Å². The van der Waals surface area contributed by atoms with E-state index in [1.54, 1.807) is 0 Å². The van der Waals surface area contributed by atoms with Crippen LogP contribution in [0, 0.1) is 0 Å². The molecule has 1 aliphatic carbocycles. The Morgan fingerprint density at radius 2 is 2.21 bits per heavy atom. The number of fused-ring (bicyclic) bond motifs is 3. The van der Waals surface area contributed by atoms with Gasteiger partial charge in [0.25, 0.3) is 5.91 Å². The minimum absolute atomic E-state index is 0.0647. The number of likely N-dealkylation sites (tertiary alicyclic amines) is 1. The molecule has 1 atom stereocenters. The highest BCUT2D eigenvalue weighted by Gasteiger charge is 2.26. The van der Waals surface area contributed by atoms with Crippen LogP contribution in [0.3, 0.4) is 0 Å². The molecule has 4 nitrogen and oxygen atoms in total. The highest BCUT2D eigenvalue weighted by molar-refractivity contribution is 5.98. The molecule has 0 radical (unpaired) electrons. The fourth-order valence-corrected chi connectivity index (χ4v) is 4.25. The van der Waals surface area contributed by atoms with Crippen molar-refractivity contribution in [2.24, 2.45) is 0 Å². The molecule has 2 heterocycles. The summed E-state index contributed by atoms with van der Waals surface area (Å²) in [7, 11) is 0. The summed E-state index contributed by atoms with van der Waals surface area (Å²) in [5.74, 6) is 0.0647. The molecule has 2 aliphatic rings. The molecule has 0 bridgehead atoms. The quantitative estimate of drug-likeness (QED) is 0.909. The van der Waals surface area contributed by atoms with Crippen LogP contribution < -0.4 is 5.32 Å². The number of hydrogen-bond donors (Lipinski definition) is 2. The number of nitrogens with one attached hydrogen (secondary N) is 2. The van der Waals surface area contributed by atoms with Gasteiger partial charge in [-0.2, -0.15) is 0 Å². The first-order valence-corrected chi connectivity index (χ1v) is 9.08. The van der Waals surface area contributed by atoms with Crippen molar-refractivity contribution in [3.63, 3.8) is 0 Å². The first-order valence-electron chi connectivity index (χ1n) is 9.08. The minimum Gasteiger partial charge on any atom is -0.360 e. The molecule has 1 aromatic heterocycles. The average Bonchev–Trinajstić information content (AvgIpc) is 3.26. The molecule has 0 unspecified atom stereocenters. The fourth-order valence-electron chi connectivity index (χ4n) is 4.25. The molecule has 4 heteroatoms. The van der Waals surface area contributed by atoms with Crippen LogP contribution in [0.15, 0.2) is 30.5 Å². The number of aromatic amines is 1. The SMILES string of the molecule is CCN1CCC[C@H]1CNC(=O)c1c[nH]c2c1CCc1ccccc1-2. The minimum atomic E-state index is 0.0647. The van der Waals surface area contributed by atoms with E-state index in [0.29, 0.717) is 6.04 Å². The van der Waals surface area contributed by atoms with E-state index in [-0.39, 0.29) is 5.91 Å². The van der Waals surface area contributed by atoms with Crippen molar-refractivity contribution in [3.8, 4) is 11.3 Å². The van der Waals surface area contributed by atoms with Crippen LogP contribution in [-0.2, 0) is 12.8 Å². The van der Waals surface area contributed by atoms with Crippen molar-refractivity contribution in [1.29, 1.82) is 0 Å². The molecule has 126 valence electrons. The predicted octanol–water partition coefficient (Wildman–Crippen LogP) is 2.99. The fraction of sp³-hybridized carbons (Fsp3) is 0.450. The van der Waals surface area contributed by atoms with Crippen LogP contribution in [-0.4, -0.2) is 41.5 Å². The zero-order valence-electron chi connectivity index (χ0n) is 14.3. The largest absolute Gasteiger partial charge is 0.360 e. The highest BCUT2D eigenvalue weighted by Crippen LogP contribution is 2.34. The van der Waals surface area contributed by atoms with Gasteiger partial charge >= 0.3 is 0 Å². The van der Waals surface area contributed by atoms with E-state index in [1.807, 2.05) is 6.20 Å². The van der Waals surface area contributed by atoms with Gasteiger partial charge in [-0.05, 0) is 49.9 Å². The van der Waals surface area contributed by atoms with Crippen molar-refractivity contribution >= 4 is 5.91 Å². The molecule has 0 saturated carbocycles. The highest BCUT2D eigenvalue weighted by atomic mass is 16.1. The zero-order valence-corrected chi connectivity index (χ0v) is 14.3. The lowest BCUT2D eigenvalue weighted by Crippen LogP contribution is -2.40. The maximum atomic E-state index is 12.7. The number of carbonyl (C=O) groups is 1. The van der Waals surface area contributed by atoms with Crippen LogP contribution in [0.25, 0.3) is 11.3 Å². The molecule has 1 fully saturated rings. The Hall–Kier alpha value is -2.07. The molecule has 2 aromatic rings. The van der Waals surface area contributed by atoms with E-state index in [1.165, 1.54) is 29.5 Å². The Kier molecular flexibility index (Phi) is 4.15. The van der Waals surface area contributed by atoms with Gasteiger partial charge in [0.2, 0.25) is 0 Å². The second kappa shape index (κ2) is 6.44. The summed E-state index contributed by atoms with van der Waals surface area (Å²) in [6.45, 7) is 5.17.